The maximum atomic E-state index is 5.67. The van der Waals surface area contributed by atoms with Crippen LogP contribution in [0.3, 0.4) is 0 Å². The molecule has 8 heteroatoms. The molecule has 1 saturated carbocycles. The molecule has 2 N–H and O–H groups in total. The van der Waals surface area contributed by atoms with Gasteiger partial charge in [-0.1, -0.05) is 6.92 Å². The van der Waals surface area contributed by atoms with Crippen molar-refractivity contribution in [1.82, 2.24) is 20.5 Å². The first-order valence-electron chi connectivity index (χ1n) is 10.7. The van der Waals surface area contributed by atoms with Crippen molar-refractivity contribution in [3.05, 3.63) is 23.9 Å². The minimum Gasteiger partial charge on any atom is -0.381 e. The third-order valence-electron chi connectivity index (χ3n) is 5.45. The van der Waals surface area contributed by atoms with Crippen LogP contribution >= 0.6 is 24.0 Å². The van der Waals surface area contributed by atoms with Crippen molar-refractivity contribution in [2.45, 2.75) is 32.7 Å². The number of pyridine rings is 1. The smallest absolute Gasteiger partial charge is 0.191 e. The molecule has 0 atom stereocenters. The van der Waals surface area contributed by atoms with Crippen LogP contribution in [0, 0.1) is 5.92 Å². The van der Waals surface area contributed by atoms with Gasteiger partial charge in [-0.05, 0) is 49.4 Å². The molecule has 1 aromatic rings. The predicted octanol–water partition coefficient (Wildman–Crippen LogP) is 2.32. The van der Waals surface area contributed by atoms with Crippen LogP contribution in [0.25, 0.3) is 0 Å². The lowest BCUT2D eigenvalue weighted by molar-refractivity contribution is 0.123. The van der Waals surface area contributed by atoms with E-state index in [2.05, 4.69) is 49.5 Å². The fourth-order valence-corrected chi connectivity index (χ4v) is 3.36. The number of nitrogens with zero attached hydrogens (tertiary/aromatic N) is 4. The van der Waals surface area contributed by atoms with Crippen LogP contribution in [0.4, 0.5) is 5.82 Å². The average molecular weight is 516 g/mol. The zero-order chi connectivity index (χ0) is 19.6. The number of anilines is 1. The predicted molar refractivity (Wildman–Crippen MR) is 130 cm³/mol. The largest absolute Gasteiger partial charge is 0.381 e. The van der Waals surface area contributed by atoms with Crippen molar-refractivity contribution in [2.75, 3.05) is 64.4 Å². The molecule has 0 radical (unpaired) electrons. The third kappa shape index (κ3) is 8.64. The highest BCUT2D eigenvalue weighted by Gasteiger charge is 2.20. The van der Waals surface area contributed by atoms with E-state index in [0.717, 1.165) is 83.1 Å². The maximum Gasteiger partial charge on any atom is 0.191 e. The van der Waals surface area contributed by atoms with E-state index in [9.17, 15) is 0 Å². The Hall–Kier alpha value is -1.13. The summed E-state index contributed by atoms with van der Waals surface area (Å²) in [6.45, 7) is 11.0. The molecule has 1 saturated heterocycles. The van der Waals surface area contributed by atoms with E-state index >= 15 is 0 Å². The highest BCUT2D eigenvalue weighted by atomic mass is 127. The summed E-state index contributed by atoms with van der Waals surface area (Å²) >= 11 is 0. The van der Waals surface area contributed by atoms with E-state index in [-0.39, 0.29) is 24.0 Å². The zero-order valence-electron chi connectivity index (χ0n) is 17.9. The summed E-state index contributed by atoms with van der Waals surface area (Å²) in [6.07, 6.45) is 5.60. The van der Waals surface area contributed by atoms with Crippen LogP contribution in [-0.2, 0) is 11.3 Å². The number of guanidine groups is 1. The van der Waals surface area contributed by atoms with Gasteiger partial charge in [-0.2, -0.15) is 0 Å². The monoisotopic (exact) mass is 516 g/mol. The van der Waals surface area contributed by atoms with Gasteiger partial charge >= 0.3 is 0 Å². The Kier molecular flexibility index (Phi) is 11.0. The normalized spacial score (nSPS) is 17.7. The van der Waals surface area contributed by atoms with Crippen LogP contribution in [-0.4, -0.2) is 75.4 Å². The minimum absolute atomic E-state index is 0. The standard InChI is InChI=1S/C21H36N6O.HI/c1-3-26-10-12-27(13-11-26)20-15-19(7-9-23-20)16-25-21(22-2)24-8-4-14-28-17-18-5-6-18;/h7,9,15,18H,3-6,8,10-14,16-17H2,1-2H3,(H2,22,24,25);1H. The minimum atomic E-state index is 0. The highest BCUT2D eigenvalue weighted by molar-refractivity contribution is 14.0. The summed E-state index contributed by atoms with van der Waals surface area (Å²) in [5.74, 6) is 2.74. The molecule has 164 valence electrons. The van der Waals surface area contributed by atoms with E-state index in [4.69, 9.17) is 4.74 Å². The Balaban J connectivity index is 0.00000300. The number of hydrogen-bond acceptors (Lipinski definition) is 5. The number of ether oxygens (including phenoxy) is 1. The third-order valence-corrected chi connectivity index (χ3v) is 5.45. The molecule has 0 spiro atoms. The Labute approximate surface area is 192 Å². The number of aliphatic imine (C=N–C) groups is 1. The van der Waals surface area contributed by atoms with Gasteiger partial charge in [-0.3, -0.25) is 4.99 Å². The van der Waals surface area contributed by atoms with Gasteiger partial charge in [0.1, 0.15) is 5.82 Å². The quantitative estimate of drug-likeness (QED) is 0.216. The van der Waals surface area contributed by atoms with Crippen LogP contribution in [0.1, 0.15) is 31.7 Å². The summed E-state index contributed by atoms with van der Waals surface area (Å²) in [7, 11) is 1.81. The summed E-state index contributed by atoms with van der Waals surface area (Å²) in [5, 5.41) is 6.75. The first-order chi connectivity index (χ1) is 13.8. The number of likely N-dealkylation sites (N-methyl/N-ethyl adjacent to an activating group) is 1. The Morgan fingerprint density at radius 1 is 1.24 bits per heavy atom. The lowest BCUT2D eigenvalue weighted by atomic mass is 10.2. The van der Waals surface area contributed by atoms with Gasteiger partial charge in [-0.25, -0.2) is 4.98 Å². The van der Waals surface area contributed by atoms with Crippen LogP contribution in [0.15, 0.2) is 23.3 Å². The Bertz CT molecular complexity index is 617. The van der Waals surface area contributed by atoms with Gasteiger partial charge in [0, 0.05) is 65.7 Å². The van der Waals surface area contributed by atoms with Crippen LogP contribution < -0.4 is 15.5 Å². The number of piperazine rings is 1. The number of hydrogen-bond donors (Lipinski definition) is 2. The SMILES string of the molecule is CCN1CCN(c2cc(CNC(=NC)NCCCOCC3CC3)ccn2)CC1.I. The second-order valence-corrected chi connectivity index (χ2v) is 7.67. The molecule has 2 aliphatic rings. The van der Waals surface area contributed by atoms with Crippen molar-refractivity contribution in [2.24, 2.45) is 10.9 Å². The molecule has 1 aliphatic carbocycles. The van der Waals surface area contributed by atoms with Gasteiger partial charge in [0.25, 0.3) is 0 Å². The van der Waals surface area contributed by atoms with Gasteiger partial charge in [-0.15, -0.1) is 24.0 Å². The van der Waals surface area contributed by atoms with Crippen molar-refractivity contribution in [3.8, 4) is 0 Å². The Morgan fingerprint density at radius 2 is 2.03 bits per heavy atom. The van der Waals surface area contributed by atoms with Gasteiger partial charge < -0.3 is 25.2 Å². The number of halogens is 1. The summed E-state index contributed by atoms with van der Waals surface area (Å²) in [6, 6.07) is 4.26. The second kappa shape index (κ2) is 13.2. The van der Waals surface area contributed by atoms with E-state index in [1.54, 1.807) is 0 Å². The summed E-state index contributed by atoms with van der Waals surface area (Å²) in [4.78, 5) is 13.7. The maximum absolute atomic E-state index is 5.67. The lowest BCUT2D eigenvalue weighted by Crippen LogP contribution is -2.46. The van der Waals surface area contributed by atoms with Crippen LogP contribution in [0.5, 0.6) is 0 Å². The van der Waals surface area contributed by atoms with E-state index in [1.807, 2.05) is 13.2 Å². The molecule has 1 aromatic heterocycles. The molecule has 0 bridgehead atoms. The van der Waals surface area contributed by atoms with Gasteiger partial charge in [0.15, 0.2) is 5.96 Å². The molecule has 3 rings (SSSR count). The fourth-order valence-electron chi connectivity index (χ4n) is 3.36. The van der Waals surface area contributed by atoms with Crippen molar-refractivity contribution < 1.29 is 4.74 Å². The average Bonchev–Trinajstić information content (AvgIpc) is 3.57. The molecular weight excluding hydrogens is 479 g/mol. The van der Waals surface area contributed by atoms with Crippen LogP contribution in [0.2, 0.25) is 0 Å². The van der Waals surface area contributed by atoms with E-state index < -0.39 is 0 Å². The first kappa shape index (κ1) is 24.1. The van der Waals surface area contributed by atoms with Gasteiger partial charge in [0.05, 0.1) is 0 Å². The van der Waals surface area contributed by atoms with Crippen molar-refractivity contribution in [1.29, 1.82) is 0 Å². The number of rotatable bonds is 10. The molecule has 2 fully saturated rings. The summed E-state index contributed by atoms with van der Waals surface area (Å²) < 4.78 is 5.67. The van der Waals surface area contributed by atoms with E-state index in [0.29, 0.717) is 0 Å². The second-order valence-electron chi connectivity index (χ2n) is 7.67. The molecule has 0 aromatic carbocycles. The van der Waals surface area contributed by atoms with Crippen molar-refractivity contribution in [3.63, 3.8) is 0 Å². The topological polar surface area (TPSA) is 65.0 Å². The molecule has 29 heavy (non-hydrogen) atoms. The molecule has 0 amide bonds. The number of nitrogens with one attached hydrogen (secondary N) is 2. The zero-order valence-corrected chi connectivity index (χ0v) is 20.2. The molecule has 0 unspecified atom stereocenters. The molecule has 7 nitrogen and oxygen atoms in total. The lowest BCUT2D eigenvalue weighted by Gasteiger charge is -2.34. The summed E-state index contributed by atoms with van der Waals surface area (Å²) in [5.41, 5.74) is 1.22. The highest BCUT2D eigenvalue weighted by Crippen LogP contribution is 2.28. The molecule has 1 aliphatic heterocycles. The molecule has 2 heterocycles. The fraction of sp³-hybridized carbons (Fsp3) is 0.714. The Morgan fingerprint density at radius 3 is 2.72 bits per heavy atom. The molecular formula is C21H37IN6O. The number of aromatic nitrogens is 1. The van der Waals surface area contributed by atoms with Gasteiger partial charge in [0.2, 0.25) is 0 Å². The van der Waals surface area contributed by atoms with Crippen molar-refractivity contribution >= 4 is 35.8 Å². The van der Waals surface area contributed by atoms with E-state index in [1.165, 1.54) is 18.4 Å². The first-order valence-corrected chi connectivity index (χ1v) is 10.7.